The van der Waals surface area contributed by atoms with Crippen LogP contribution < -0.4 is 4.90 Å². The van der Waals surface area contributed by atoms with Gasteiger partial charge in [0, 0.05) is 31.3 Å². The Morgan fingerprint density at radius 3 is 2.74 bits per heavy atom. The van der Waals surface area contributed by atoms with Crippen molar-refractivity contribution < 1.29 is 0 Å². The summed E-state index contributed by atoms with van der Waals surface area (Å²) in [6.45, 7) is 0. The summed E-state index contributed by atoms with van der Waals surface area (Å²) in [6, 6.07) is 8.47. The molecule has 0 unspecified atom stereocenters. The van der Waals surface area contributed by atoms with E-state index >= 15 is 0 Å². The lowest BCUT2D eigenvalue weighted by Gasteiger charge is -2.18. The SMILES string of the molecule is CN(C)c1cccc(-c2nn3c(C4CCCCC4)nnc3s2)c1. The molecule has 0 amide bonds. The molecule has 3 aromatic rings. The fourth-order valence-electron chi connectivity index (χ4n) is 3.28. The standard InChI is InChI=1S/C17H21N5S/c1-21(2)14-10-6-9-13(11-14)16-20-22-15(18-19-17(22)23-16)12-7-4-3-5-8-12/h6,9-12H,3-5,7-8H2,1-2H3. The van der Waals surface area contributed by atoms with E-state index in [0.717, 1.165) is 21.4 Å². The molecule has 0 spiro atoms. The second kappa shape index (κ2) is 5.92. The molecular weight excluding hydrogens is 306 g/mol. The number of rotatable bonds is 3. The third-order valence-electron chi connectivity index (χ3n) is 4.59. The summed E-state index contributed by atoms with van der Waals surface area (Å²) in [5.41, 5.74) is 2.32. The molecular formula is C17H21N5S. The van der Waals surface area contributed by atoms with E-state index in [2.05, 4.69) is 53.5 Å². The Kier molecular flexibility index (Phi) is 3.77. The van der Waals surface area contributed by atoms with Crippen LogP contribution in [0.2, 0.25) is 0 Å². The lowest BCUT2D eigenvalue weighted by atomic mass is 9.89. The highest BCUT2D eigenvalue weighted by atomic mass is 32.1. The second-order valence-electron chi connectivity index (χ2n) is 6.44. The summed E-state index contributed by atoms with van der Waals surface area (Å²) in [5, 5.41) is 14.6. The summed E-state index contributed by atoms with van der Waals surface area (Å²) in [7, 11) is 4.11. The second-order valence-corrected chi connectivity index (χ2v) is 7.40. The number of hydrogen-bond donors (Lipinski definition) is 0. The molecule has 0 aliphatic heterocycles. The highest BCUT2D eigenvalue weighted by molar-refractivity contribution is 7.19. The van der Waals surface area contributed by atoms with Gasteiger partial charge in [0.15, 0.2) is 5.82 Å². The molecule has 0 bridgehead atoms. The predicted octanol–water partition coefficient (Wildman–Crippen LogP) is 3.97. The molecule has 1 aliphatic rings. The number of hydrogen-bond acceptors (Lipinski definition) is 5. The average Bonchev–Trinajstić information content (AvgIpc) is 3.16. The van der Waals surface area contributed by atoms with Crippen LogP contribution in [0.1, 0.15) is 43.8 Å². The van der Waals surface area contributed by atoms with Crippen molar-refractivity contribution in [1.82, 2.24) is 19.8 Å². The van der Waals surface area contributed by atoms with Gasteiger partial charge < -0.3 is 4.90 Å². The van der Waals surface area contributed by atoms with E-state index in [-0.39, 0.29) is 0 Å². The Bertz CT molecular complexity index is 813. The van der Waals surface area contributed by atoms with Crippen LogP contribution in [-0.2, 0) is 0 Å². The highest BCUT2D eigenvalue weighted by Gasteiger charge is 2.23. The van der Waals surface area contributed by atoms with E-state index in [1.54, 1.807) is 11.3 Å². The van der Waals surface area contributed by atoms with Crippen molar-refractivity contribution in [2.45, 2.75) is 38.0 Å². The highest BCUT2D eigenvalue weighted by Crippen LogP contribution is 2.34. The lowest BCUT2D eigenvalue weighted by molar-refractivity contribution is 0.423. The molecule has 4 rings (SSSR count). The zero-order valence-corrected chi connectivity index (χ0v) is 14.4. The lowest BCUT2D eigenvalue weighted by Crippen LogP contribution is -2.09. The maximum atomic E-state index is 4.81. The van der Waals surface area contributed by atoms with Crippen molar-refractivity contribution in [3.05, 3.63) is 30.1 Å². The monoisotopic (exact) mass is 327 g/mol. The number of aromatic nitrogens is 4. The smallest absolute Gasteiger partial charge is 0.234 e. The van der Waals surface area contributed by atoms with Gasteiger partial charge in [0.2, 0.25) is 4.96 Å². The first-order chi connectivity index (χ1) is 11.2. The molecule has 6 heteroatoms. The third kappa shape index (κ3) is 2.72. The van der Waals surface area contributed by atoms with Gasteiger partial charge in [-0.25, -0.2) is 0 Å². The van der Waals surface area contributed by atoms with E-state index in [0.29, 0.717) is 5.92 Å². The number of fused-ring (bicyclic) bond motifs is 1. The minimum Gasteiger partial charge on any atom is -0.378 e. The van der Waals surface area contributed by atoms with E-state index in [4.69, 9.17) is 5.10 Å². The van der Waals surface area contributed by atoms with Crippen LogP contribution in [-0.4, -0.2) is 33.9 Å². The van der Waals surface area contributed by atoms with E-state index in [1.165, 1.54) is 37.8 Å². The van der Waals surface area contributed by atoms with Crippen molar-refractivity contribution in [2.75, 3.05) is 19.0 Å². The molecule has 1 fully saturated rings. The van der Waals surface area contributed by atoms with Gasteiger partial charge in [0.1, 0.15) is 5.01 Å². The molecule has 1 aliphatic carbocycles. The molecule has 0 saturated heterocycles. The van der Waals surface area contributed by atoms with Crippen molar-refractivity contribution >= 4 is 22.0 Å². The Labute approximate surface area is 140 Å². The van der Waals surface area contributed by atoms with Crippen molar-refractivity contribution in [3.63, 3.8) is 0 Å². The number of nitrogens with zero attached hydrogens (tertiary/aromatic N) is 5. The van der Waals surface area contributed by atoms with Crippen LogP contribution in [0, 0.1) is 0 Å². The largest absolute Gasteiger partial charge is 0.378 e. The van der Waals surface area contributed by atoms with Crippen LogP contribution in [0.25, 0.3) is 15.5 Å². The molecule has 2 aromatic heterocycles. The molecule has 23 heavy (non-hydrogen) atoms. The van der Waals surface area contributed by atoms with Gasteiger partial charge in [-0.05, 0) is 25.0 Å². The van der Waals surface area contributed by atoms with Gasteiger partial charge in [-0.15, -0.1) is 10.2 Å². The normalized spacial score (nSPS) is 16.1. The Morgan fingerprint density at radius 2 is 1.96 bits per heavy atom. The van der Waals surface area contributed by atoms with Gasteiger partial charge in [-0.2, -0.15) is 9.61 Å². The van der Waals surface area contributed by atoms with Gasteiger partial charge in [-0.3, -0.25) is 0 Å². The van der Waals surface area contributed by atoms with Crippen LogP contribution in [0.3, 0.4) is 0 Å². The van der Waals surface area contributed by atoms with E-state index < -0.39 is 0 Å². The fourth-order valence-corrected chi connectivity index (χ4v) is 4.12. The quantitative estimate of drug-likeness (QED) is 0.730. The summed E-state index contributed by atoms with van der Waals surface area (Å²) in [6.07, 6.45) is 6.36. The Balaban J connectivity index is 1.72. The van der Waals surface area contributed by atoms with Crippen LogP contribution in [0.15, 0.2) is 24.3 Å². The molecule has 0 N–H and O–H groups in total. The van der Waals surface area contributed by atoms with Crippen LogP contribution in [0.4, 0.5) is 5.69 Å². The average molecular weight is 327 g/mol. The molecule has 1 aromatic carbocycles. The maximum Gasteiger partial charge on any atom is 0.234 e. The summed E-state index contributed by atoms with van der Waals surface area (Å²) in [4.78, 5) is 3.01. The first-order valence-electron chi connectivity index (χ1n) is 8.22. The third-order valence-corrected chi connectivity index (χ3v) is 5.54. The van der Waals surface area contributed by atoms with Gasteiger partial charge in [0.05, 0.1) is 0 Å². The van der Waals surface area contributed by atoms with Crippen LogP contribution >= 0.6 is 11.3 Å². The first kappa shape index (κ1) is 14.6. The summed E-state index contributed by atoms with van der Waals surface area (Å²) >= 11 is 1.62. The zero-order chi connectivity index (χ0) is 15.8. The molecule has 5 nitrogen and oxygen atoms in total. The maximum absolute atomic E-state index is 4.81. The Hall–Kier alpha value is -1.95. The predicted molar refractivity (Wildman–Crippen MR) is 94.2 cm³/mol. The topological polar surface area (TPSA) is 46.3 Å². The van der Waals surface area contributed by atoms with Crippen molar-refractivity contribution in [2.24, 2.45) is 0 Å². The summed E-state index contributed by atoms with van der Waals surface area (Å²) < 4.78 is 1.97. The van der Waals surface area contributed by atoms with E-state index in [9.17, 15) is 0 Å². The Morgan fingerprint density at radius 1 is 1.13 bits per heavy atom. The molecule has 0 atom stereocenters. The molecule has 1 saturated carbocycles. The minimum absolute atomic E-state index is 0.516. The van der Waals surface area contributed by atoms with Gasteiger partial charge in [0.25, 0.3) is 0 Å². The minimum atomic E-state index is 0.516. The number of anilines is 1. The number of benzene rings is 1. The fraction of sp³-hybridized carbons (Fsp3) is 0.471. The van der Waals surface area contributed by atoms with E-state index in [1.807, 2.05) is 4.52 Å². The van der Waals surface area contributed by atoms with Gasteiger partial charge in [-0.1, -0.05) is 42.7 Å². The molecule has 120 valence electrons. The van der Waals surface area contributed by atoms with Gasteiger partial charge >= 0.3 is 0 Å². The van der Waals surface area contributed by atoms with Crippen molar-refractivity contribution in [3.8, 4) is 10.6 Å². The molecule has 0 radical (unpaired) electrons. The molecule has 2 heterocycles. The summed E-state index contributed by atoms with van der Waals surface area (Å²) in [5.74, 6) is 1.56. The first-order valence-corrected chi connectivity index (χ1v) is 9.04. The zero-order valence-electron chi connectivity index (χ0n) is 13.6. The van der Waals surface area contributed by atoms with Crippen molar-refractivity contribution in [1.29, 1.82) is 0 Å². The van der Waals surface area contributed by atoms with Crippen LogP contribution in [0.5, 0.6) is 0 Å².